The average molecular weight is 286 g/mol. The molecule has 0 aliphatic rings. The molecule has 104 valence electrons. The van der Waals surface area contributed by atoms with Gasteiger partial charge in [-0.25, -0.2) is 0 Å². The van der Waals surface area contributed by atoms with Crippen molar-refractivity contribution in [3.8, 4) is 5.75 Å². The number of hydrogen-bond acceptors (Lipinski definition) is 4. The van der Waals surface area contributed by atoms with E-state index < -0.39 is 5.97 Å². The standard InChI is InChI=1S/C13H16ClNO4/c1-3-18-13(17)7-15-12(16)8-19-11-5-4-10(14)6-9(11)2/h4-6H,3,7-8H2,1-2H3,(H,15,16). The summed E-state index contributed by atoms with van der Waals surface area (Å²) in [4.78, 5) is 22.5. The van der Waals surface area contributed by atoms with Crippen molar-refractivity contribution in [1.29, 1.82) is 0 Å². The van der Waals surface area contributed by atoms with Gasteiger partial charge in [0.15, 0.2) is 6.61 Å². The maximum absolute atomic E-state index is 11.4. The first-order chi connectivity index (χ1) is 9.02. The Kier molecular flexibility index (Phi) is 6.15. The second kappa shape index (κ2) is 7.63. The van der Waals surface area contributed by atoms with Gasteiger partial charge in [-0.3, -0.25) is 9.59 Å². The van der Waals surface area contributed by atoms with Crippen molar-refractivity contribution >= 4 is 23.5 Å². The molecule has 1 rings (SSSR count). The third kappa shape index (κ3) is 5.61. The lowest BCUT2D eigenvalue weighted by Crippen LogP contribution is -2.34. The van der Waals surface area contributed by atoms with Gasteiger partial charge in [0.1, 0.15) is 12.3 Å². The molecule has 5 nitrogen and oxygen atoms in total. The van der Waals surface area contributed by atoms with Gasteiger partial charge in [0, 0.05) is 5.02 Å². The number of ether oxygens (including phenoxy) is 2. The highest BCUT2D eigenvalue weighted by Gasteiger charge is 2.07. The predicted molar refractivity (Wildman–Crippen MR) is 71.3 cm³/mol. The number of carbonyl (C=O) groups excluding carboxylic acids is 2. The van der Waals surface area contributed by atoms with Gasteiger partial charge in [-0.1, -0.05) is 11.6 Å². The van der Waals surface area contributed by atoms with Crippen LogP contribution in [0.25, 0.3) is 0 Å². The van der Waals surface area contributed by atoms with Crippen LogP contribution in [0, 0.1) is 6.92 Å². The fraction of sp³-hybridized carbons (Fsp3) is 0.385. The molecule has 0 saturated carbocycles. The minimum Gasteiger partial charge on any atom is -0.484 e. The van der Waals surface area contributed by atoms with Crippen LogP contribution in [-0.4, -0.2) is 31.6 Å². The SMILES string of the molecule is CCOC(=O)CNC(=O)COc1ccc(Cl)cc1C. The third-order valence-electron chi connectivity index (χ3n) is 2.23. The molecular weight excluding hydrogens is 270 g/mol. The quantitative estimate of drug-likeness (QED) is 0.808. The summed E-state index contributed by atoms with van der Waals surface area (Å²) in [7, 11) is 0. The maximum atomic E-state index is 11.4. The van der Waals surface area contributed by atoms with Gasteiger partial charge in [-0.05, 0) is 37.6 Å². The summed E-state index contributed by atoms with van der Waals surface area (Å²) in [5, 5.41) is 3.01. The number of benzene rings is 1. The predicted octanol–water partition coefficient (Wildman–Crippen LogP) is 1.71. The van der Waals surface area contributed by atoms with Crippen molar-refractivity contribution in [1.82, 2.24) is 5.32 Å². The minimum atomic E-state index is -0.474. The van der Waals surface area contributed by atoms with Crippen LogP contribution in [-0.2, 0) is 14.3 Å². The second-order valence-corrected chi connectivity index (χ2v) is 4.22. The van der Waals surface area contributed by atoms with Crippen LogP contribution in [0.1, 0.15) is 12.5 Å². The molecule has 0 aromatic heterocycles. The molecule has 0 fully saturated rings. The van der Waals surface area contributed by atoms with Crippen LogP contribution in [0.3, 0.4) is 0 Å². The minimum absolute atomic E-state index is 0.157. The highest BCUT2D eigenvalue weighted by Crippen LogP contribution is 2.21. The lowest BCUT2D eigenvalue weighted by atomic mass is 10.2. The molecule has 0 unspecified atom stereocenters. The van der Waals surface area contributed by atoms with Crippen LogP contribution in [0.4, 0.5) is 0 Å². The van der Waals surface area contributed by atoms with Crippen LogP contribution >= 0.6 is 11.6 Å². The Morgan fingerprint density at radius 1 is 1.37 bits per heavy atom. The van der Waals surface area contributed by atoms with Gasteiger partial charge in [0.2, 0.25) is 0 Å². The Balaban J connectivity index is 2.36. The van der Waals surface area contributed by atoms with Gasteiger partial charge in [0.05, 0.1) is 6.61 Å². The summed E-state index contributed by atoms with van der Waals surface area (Å²) in [5.74, 6) is -0.281. The summed E-state index contributed by atoms with van der Waals surface area (Å²) >= 11 is 5.81. The normalized spacial score (nSPS) is 9.84. The van der Waals surface area contributed by atoms with Gasteiger partial charge in [-0.2, -0.15) is 0 Å². The van der Waals surface area contributed by atoms with E-state index in [4.69, 9.17) is 16.3 Å². The molecule has 1 amide bonds. The zero-order valence-corrected chi connectivity index (χ0v) is 11.6. The van der Waals surface area contributed by atoms with E-state index in [-0.39, 0.29) is 25.7 Å². The van der Waals surface area contributed by atoms with Crippen LogP contribution < -0.4 is 10.1 Å². The molecule has 0 aliphatic heterocycles. The van der Waals surface area contributed by atoms with Crippen molar-refractivity contribution in [3.63, 3.8) is 0 Å². The number of halogens is 1. The van der Waals surface area contributed by atoms with Crippen LogP contribution in [0.5, 0.6) is 5.75 Å². The molecule has 0 heterocycles. The first-order valence-corrected chi connectivity index (χ1v) is 6.22. The first-order valence-electron chi connectivity index (χ1n) is 5.84. The number of aryl methyl sites for hydroxylation is 1. The molecule has 0 atom stereocenters. The Labute approximate surface area is 116 Å². The highest BCUT2D eigenvalue weighted by atomic mass is 35.5. The highest BCUT2D eigenvalue weighted by molar-refractivity contribution is 6.30. The lowest BCUT2D eigenvalue weighted by Gasteiger charge is -2.09. The number of rotatable bonds is 6. The zero-order chi connectivity index (χ0) is 14.3. The van der Waals surface area contributed by atoms with Crippen LogP contribution in [0.15, 0.2) is 18.2 Å². The molecule has 1 aromatic rings. The summed E-state index contributed by atoms with van der Waals surface area (Å²) in [6, 6.07) is 5.12. The number of nitrogens with one attached hydrogen (secondary N) is 1. The van der Waals surface area contributed by atoms with E-state index in [1.807, 2.05) is 6.92 Å². The van der Waals surface area contributed by atoms with Gasteiger partial charge < -0.3 is 14.8 Å². The maximum Gasteiger partial charge on any atom is 0.325 e. The molecule has 1 N–H and O–H groups in total. The van der Waals surface area contributed by atoms with E-state index in [1.54, 1.807) is 25.1 Å². The molecule has 1 aromatic carbocycles. The molecule has 6 heteroatoms. The van der Waals surface area contributed by atoms with E-state index in [2.05, 4.69) is 10.1 Å². The van der Waals surface area contributed by atoms with Crippen molar-refractivity contribution in [2.45, 2.75) is 13.8 Å². The molecule has 19 heavy (non-hydrogen) atoms. The van der Waals surface area contributed by atoms with Gasteiger partial charge in [-0.15, -0.1) is 0 Å². The average Bonchev–Trinajstić information content (AvgIpc) is 2.35. The summed E-state index contributed by atoms with van der Waals surface area (Å²) in [6.07, 6.45) is 0. The molecule has 0 bridgehead atoms. The smallest absolute Gasteiger partial charge is 0.325 e. The van der Waals surface area contributed by atoms with Crippen molar-refractivity contribution in [2.75, 3.05) is 19.8 Å². The van der Waals surface area contributed by atoms with E-state index in [1.165, 1.54) is 0 Å². The summed E-state index contributed by atoms with van der Waals surface area (Å²) in [6.45, 7) is 3.50. The van der Waals surface area contributed by atoms with Crippen molar-refractivity contribution in [2.24, 2.45) is 0 Å². The van der Waals surface area contributed by atoms with E-state index >= 15 is 0 Å². The fourth-order valence-electron chi connectivity index (χ4n) is 1.35. The summed E-state index contributed by atoms with van der Waals surface area (Å²) in [5.41, 5.74) is 0.839. The lowest BCUT2D eigenvalue weighted by molar-refractivity contribution is -0.143. The van der Waals surface area contributed by atoms with Gasteiger partial charge in [0.25, 0.3) is 5.91 Å². The molecule has 0 radical (unpaired) electrons. The Morgan fingerprint density at radius 2 is 2.11 bits per heavy atom. The molecule has 0 saturated heterocycles. The Morgan fingerprint density at radius 3 is 2.74 bits per heavy atom. The number of amides is 1. The van der Waals surface area contributed by atoms with Crippen molar-refractivity contribution in [3.05, 3.63) is 28.8 Å². The first kappa shape index (κ1) is 15.3. The largest absolute Gasteiger partial charge is 0.484 e. The molecule has 0 spiro atoms. The van der Waals surface area contributed by atoms with E-state index in [9.17, 15) is 9.59 Å². The molecule has 0 aliphatic carbocycles. The topological polar surface area (TPSA) is 64.6 Å². The van der Waals surface area contributed by atoms with Crippen LogP contribution in [0.2, 0.25) is 5.02 Å². The third-order valence-corrected chi connectivity index (χ3v) is 2.47. The fourth-order valence-corrected chi connectivity index (χ4v) is 1.58. The summed E-state index contributed by atoms with van der Waals surface area (Å²) < 4.78 is 10.0. The van der Waals surface area contributed by atoms with E-state index in [0.717, 1.165) is 5.56 Å². The zero-order valence-electron chi connectivity index (χ0n) is 10.9. The number of carbonyl (C=O) groups is 2. The Hall–Kier alpha value is -1.75. The second-order valence-electron chi connectivity index (χ2n) is 3.78. The van der Waals surface area contributed by atoms with Crippen molar-refractivity contribution < 1.29 is 19.1 Å². The number of esters is 1. The van der Waals surface area contributed by atoms with Gasteiger partial charge >= 0.3 is 5.97 Å². The van der Waals surface area contributed by atoms with E-state index in [0.29, 0.717) is 10.8 Å². The molecular formula is C13H16ClNO4. The monoisotopic (exact) mass is 285 g/mol. The Bertz CT molecular complexity index is 462. The number of hydrogen-bond donors (Lipinski definition) is 1.